The minimum Gasteiger partial charge on any atom is -0.313 e. The van der Waals surface area contributed by atoms with Crippen molar-refractivity contribution in [1.29, 1.82) is 0 Å². The van der Waals surface area contributed by atoms with Crippen LogP contribution in [0, 0.1) is 0 Å². The van der Waals surface area contributed by atoms with Crippen molar-refractivity contribution >= 4 is 7.75 Å². The summed E-state index contributed by atoms with van der Waals surface area (Å²) in [6.07, 6.45) is 0. The van der Waals surface area contributed by atoms with Gasteiger partial charge in [0, 0.05) is 21.1 Å². The smallest absolute Gasteiger partial charge is 0.313 e. The van der Waals surface area contributed by atoms with Gasteiger partial charge in [-0.1, -0.05) is 0 Å². The first-order valence-electron chi connectivity index (χ1n) is 0.841. The Morgan fingerprint density at radius 2 is 1.50 bits per heavy atom. The molecule has 42 valence electrons. The minimum absolute atomic E-state index is 0. The zero-order valence-corrected chi connectivity index (χ0v) is 5.81. The van der Waals surface area contributed by atoms with Crippen molar-refractivity contribution in [2.24, 2.45) is 5.50 Å². The van der Waals surface area contributed by atoms with Crippen molar-refractivity contribution in [1.82, 2.24) is 0 Å². The molecule has 4 N–H and O–H groups in total. The third-order valence-corrected chi connectivity index (χ3v) is 0. The SMILES string of the molecule is NP(=O)(O)O.[Pt]. The van der Waals surface area contributed by atoms with E-state index >= 15 is 0 Å². The first-order valence-corrected chi connectivity index (χ1v) is 2.52. The van der Waals surface area contributed by atoms with Crippen molar-refractivity contribution < 1.29 is 35.4 Å². The monoisotopic (exact) mass is 292 g/mol. The summed E-state index contributed by atoms with van der Waals surface area (Å²) >= 11 is 0. The van der Waals surface area contributed by atoms with Crippen molar-refractivity contribution in [2.45, 2.75) is 0 Å². The molecule has 0 bridgehead atoms. The average molecular weight is 292 g/mol. The molecule has 0 amide bonds. The van der Waals surface area contributed by atoms with Crippen LogP contribution in [0.25, 0.3) is 0 Å². The Kier molecular flexibility index (Phi) is 4.78. The summed E-state index contributed by atoms with van der Waals surface area (Å²) in [5.41, 5.74) is 4.02. The van der Waals surface area contributed by atoms with Crippen LogP contribution in [0.5, 0.6) is 0 Å². The van der Waals surface area contributed by atoms with Gasteiger partial charge in [0.2, 0.25) is 0 Å². The molecule has 0 heterocycles. The van der Waals surface area contributed by atoms with E-state index in [1.54, 1.807) is 0 Å². The maximum atomic E-state index is 9.10. The molecule has 0 fully saturated rings. The number of nitrogens with two attached hydrogens (primary N) is 1. The van der Waals surface area contributed by atoms with E-state index in [9.17, 15) is 0 Å². The van der Waals surface area contributed by atoms with E-state index in [4.69, 9.17) is 14.4 Å². The molecular formula is H4NO3PPt. The number of hydrogen-bond acceptors (Lipinski definition) is 1. The summed E-state index contributed by atoms with van der Waals surface area (Å²) in [4.78, 5) is 14.8. The van der Waals surface area contributed by atoms with Gasteiger partial charge in [0.05, 0.1) is 0 Å². The van der Waals surface area contributed by atoms with Gasteiger partial charge in [0.15, 0.2) is 0 Å². The Bertz CT molecular complexity index is 56.9. The topological polar surface area (TPSA) is 83.6 Å². The van der Waals surface area contributed by atoms with Gasteiger partial charge in [-0.2, -0.15) is 0 Å². The molecule has 0 aliphatic heterocycles. The Labute approximate surface area is 49.2 Å². The second-order valence-corrected chi connectivity index (χ2v) is 1.77. The van der Waals surface area contributed by atoms with Crippen molar-refractivity contribution in [2.75, 3.05) is 0 Å². The van der Waals surface area contributed by atoms with E-state index in [0.717, 1.165) is 0 Å². The van der Waals surface area contributed by atoms with Crippen LogP contribution in [0.2, 0.25) is 0 Å². The fraction of sp³-hybridized carbons (Fsp3) is 0. The predicted octanol–water partition coefficient (Wildman–Crippen LogP) is -0.965. The van der Waals surface area contributed by atoms with Crippen LogP contribution < -0.4 is 5.50 Å². The molecule has 0 spiro atoms. The molecule has 0 saturated carbocycles. The summed E-state index contributed by atoms with van der Waals surface area (Å²) in [6.45, 7) is 0. The van der Waals surface area contributed by atoms with E-state index in [1.165, 1.54) is 0 Å². The fourth-order valence-corrected chi connectivity index (χ4v) is 0. The Morgan fingerprint density at radius 3 is 1.50 bits per heavy atom. The number of hydrogen-bond donors (Lipinski definition) is 3. The van der Waals surface area contributed by atoms with Crippen LogP contribution >= 0.6 is 7.75 Å². The van der Waals surface area contributed by atoms with Crippen molar-refractivity contribution in [3.05, 3.63) is 0 Å². The molecule has 6 heteroatoms. The predicted molar refractivity (Wildman–Crippen MR) is 16.2 cm³/mol. The number of rotatable bonds is 0. The Balaban J connectivity index is 0. The maximum absolute atomic E-state index is 9.10. The van der Waals surface area contributed by atoms with Gasteiger partial charge in [-0.25, -0.2) is 10.1 Å². The molecular weight excluding hydrogens is 288 g/mol. The molecule has 0 unspecified atom stereocenters. The molecule has 4 nitrogen and oxygen atoms in total. The minimum atomic E-state index is -4.14. The van der Waals surface area contributed by atoms with Gasteiger partial charge in [-0.3, -0.25) is 0 Å². The van der Waals surface area contributed by atoms with Crippen LogP contribution in [0.15, 0.2) is 0 Å². The van der Waals surface area contributed by atoms with E-state index in [-0.39, 0.29) is 21.1 Å². The van der Waals surface area contributed by atoms with Crippen LogP contribution in [0.4, 0.5) is 0 Å². The van der Waals surface area contributed by atoms with Gasteiger partial charge in [-0.15, -0.1) is 0 Å². The molecule has 0 atom stereocenters. The van der Waals surface area contributed by atoms with Crippen LogP contribution in [0.3, 0.4) is 0 Å². The molecule has 0 radical (unpaired) electrons. The standard InChI is InChI=1S/H4NO3P.Pt/c1-5(2,3)4;/h(H4,1,2,3,4);. The molecule has 0 aromatic heterocycles. The second-order valence-electron chi connectivity index (χ2n) is 0.589. The Morgan fingerprint density at radius 1 is 1.50 bits per heavy atom. The molecule has 0 aliphatic carbocycles. The molecule has 0 aromatic rings. The fourth-order valence-electron chi connectivity index (χ4n) is 0. The van der Waals surface area contributed by atoms with Crippen molar-refractivity contribution in [3.8, 4) is 0 Å². The van der Waals surface area contributed by atoms with Gasteiger partial charge < -0.3 is 9.79 Å². The van der Waals surface area contributed by atoms with Gasteiger partial charge in [0.1, 0.15) is 0 Å². The quantitative estimate of drug-likeness (QED) is 0.502. The van der Waals surface area contributed by atoms with Gasteiger partial charge in [0.25, 0.3) is 0 Å². The van der Waals surface area contributed by atoms with Gasteiger partial charge >= 0.3 is 7.75 Å². The summed E-state index contributed by atoms with van der Waals surface area (Å²) in [5.74, 6) is 0. The summed E-state index contributed by atoms with van der Waals surface area (Å²) in [6, 6.07) is 0. The average Bonchev–Trinajstić information content (AvgIpc) is 0.722. The normalized spacial score (nSPS) is 9.83. The van der Waals surface area contributed by atoms with E-state index < -0.39 is 7.75 Å². The molecule has 6 heavy (non-hydrogen) atoms. The second kappa shape index (κ2) is 2.89. The largest absolute Gasteiger partial charge is 0.397 e. The Hall–Kier alpha value is 0.798. The summed E-state index contributed by atoms with van der Waals surface area (Å²) < 4.78 is 9.10. The molecule has 0 rings (SSSR count). The van der Waals surface area contributed by atoms with Gasteiger partial charge in [-0.05, 0) is 0 Å². The van der Waals surface area contributed by atoms with Crippen LogP contribution in [0.1, 0.15) is 0 Å². The first-order chi connectivity index (χ1) is 2.00. The third-order valence-electron chi connectivity index (χ3n) is 0. The van der Waals surface area contributed by atoms with E-state index in [1.807, 2.05) is 0 Å². The van der Waals surface area contributed by atoms with Crippen molar-refractivity contribution in [3.63, 3.8) is 0 Å². The molecule has 0 saturated heterocycles. The molecule has 0 aromatic carbocycles. The van der Waals surface area contributed by atoms with Crippen LogP contribution in [-0.2, 0) is 25.6 Å². The summed E-state index contributed by atoms with van der Waals surface area (Å²) in [5, 5.41) is 0. The van der Waals surface area contributed by atoms with E-state index in [2.05, 4.69) is 5.50 Å². The zero-order valence-electron chi connectivity index (χ0n) is 2.64. The first kappa shape index (κ1) is 9.93. The van der Waals surface area contributed by atoms with E-state index in [0.29, 0.717) is 0 Å². The van der Waals surface area contributed by atoms with Crippen LogP contribution in [-0.4, -0.2) is 9.79 Å². The third kappa shape index (κ3) is 109. The maximum Gasteiger partial charge on any atom is 0.397 e. The molecule has 0 aliphatic rings. The zero-order chi connectivity index (χ0) is 4.50. The summed E-state index contributed by atoms with van der Waals surface area (Å²) in [7, 11) is -4.14.